The van der Waals surface area contributed by atoms with E-state index >= 15 is 0 Å². The van der Waals surface area contributed by atoms with Gasteiger partial charge in [-0.05, 0) is 13.3 Å². The van der Waals surface area contributed by atoms with Gasteiger partial charge in [-0.3, -0.25) is 0 Å². The van der Waals surface area contributed by atoms with Crippen LogP contribution < -0.4 is 0 Å². The average molecular weight is 150 g/mol. The lowest BCUT2D eigenvalue weighted by atomic mass is 10.3. The normalized spacial score (nSPS) is 9.90. The SMILES string of the molecule is CCC.CCC(C)O.CO. The van der Waals surface area contributed by atoms with Crippen LogP contribution in [-0.4, -0.2) is 23.4 Å². The fourth-order valence-electron chi connectivity index (χ4n) is 0. The molecule has 0 saturated carbocycles. The Morgan fingerprint density at radius 1 is 1.10 bits per heavy atom. The van der Waals surface area contributed by atoms with Crippen LogP contribution in [0, 0.1) is 0 Å². The first-order chi connectivity index (χ1) is 4.68. The molecule has 1 unspecified atom stereocenters. The molecule has 0 rings (SSSR count). The van der Waals surface area contributed by atoms with E-state index in [1.54, 1.807) is 6.92 Å². The number of hydrogen-bond acceptors (Lipinski definition) is 2. The maximum atomic E-state index is 8.36. The average Bonchev–Trinajstić information content (AvgIpc) is 1.94. The third-order valence-corrected chi connectivity index (χ3v) is 0.591. The van der Waals surface area contributed by atoms with Gasteiger partial charge in [0, 0.05) is 7.11 Å². The third-order valence-electron chi connectivity index (χ3n) is 0.591. The Kier molecular flexibility index (Phi) is 38.1. The highest BCUT2D eigenvalue weighted by Gasteiger charge is 1.81. The molecular formula is C8H22O2. The largest absolute Gasteiger partial charge is 0.400 e. The van der Waals surface area contributed by atoms with Gasteiger partial charge in [0.15, 0.2) is 0 Å². The molecule has 10 heavy (non-hydrogen) atoms. The van der Waals surface area contributed by atoms with Crippen molar-refractivity contribution in [2.45, 2.75) is 46.6 Å². The summed E-state index contributed by atoms with van der Waals surface area (Å²) in [4.78, 5) is 0. The molecule has 2 heteroatoms. The van der Waals surface area contributed by atoms with E-state index in [0.717, 1.165) is 13.5 Å². The summed E-state index contributed by atoms with van der Waals surface area (Å²) in [6, 6.07) is 0. The van der Waals surface area contributed by atoms with Crippen molar-refractivity contribution in [2.75, 3.05) is 7.11 Å². The predicted octanol–water partition coefficient (Wildman–Crippen LogP) is 1.80. The maximum absolute atomic E-state index is 8.36. The zero-order valence-electron chi connectivity index (χ0n) is 7.89. The van der Waals surface area contributed by atoms with Gasteiger partial charge in [0.25, 0.3) is 0 Å². The van der Waals surface area contributed by atoms with Crippen LogP contribution in [0.25, 0.3) is 0 Å². The van der Waals surface area contributed by atoms with Gasteiger partial charge in [-0.2, -0.15) is 0 Å². The summed E-state index contributed by atoms with van der Waals surface area (Å²) in [5, 5.41) is 15.4. The molecule has 0 bridgehead atoms. The van der Waals surface area contributed by atoms with Gasteiger partial charge in [-0.1, -0.05) is 27.2 Å². The summed E-state index contributed by atoms with van der Waals surface area (Å²) >= 11 is 0. The summed E-state index contributed by atoms with van der Waals surface area (Å²) in [5.41, 5.74) is 0. The quantitative estimate of drug-likeness (QED) is 0.598. The van der Waals surface area contributed by atoms with Crippen molar-refractivity contribution in [1.82, 2.24) is 0 Å². The molecule has 0 amide bonds. The van der Waals surface area contributed by atoms with Crippen molar-refractivity contribution < 1.29 is 10.2 Å². The Hall–Kier alpha value is -0.0800. The summed E-state index contributed by atoms with van der Waals surface area (Å²) in [7, 11) is 1.00. The van der Waals surface area contributed by atoms with Gasteiger partial charge in [0.05, 0.1) is 6.10 Å². The van der Waals surface area contributed by atoms with E-state index in [4.69, 9.17) is 10.2 Å². The van der Waals surface area contributed by atoms with E-state index in [9.17, 15) is 0 Å². The second-order valence-corrected chi connectivity index (χ2v) is 1.96. The van der Waals surface area contributed by atoms with Crippen molar-refractivity contribution in [3.63, 3.8) is 0 Å². The van der Waals surface area contributed by atoms with Crippen LogP contribution >= 0.6 is 0 Å². The maximum Gasteiger partial charge on any atom is 0.0509 e. The lowest BCUT2D eigenvalue weighted by molar-refractivity contribution is 0.191. The molecule has 0 saturated heterocycles. The molecule has 0 aliphatic heterocycles. The minimum Gasteiger partial charge on any atom is -0.400 e. The van der Waals surface area contributed by atoms with E-state index < -0.39 is 0 Å². The van der Waals surface area contributed by atoms with Crippen molar-refractivity contribution in [3.05, 3.63) is 0 Å². The number of aliphatic hydroxyl groups is 2. The Labute approximate surface area is 64.9 Å². The zero-order valence-corrected chi connectivity index (χ0v) is 7.89. The zero-order chi connectivity index (χ0) is 8.99. The number of rotatable bonds is 1. The summed E-state index contributed by atoms with van der Waals surface area (Å²) < 4.78 is 0. The molecule has 0 radical (unpaired) electrons. The van der Waals surface area contributed by atoms with Crippen LogP contribution in [0.15, 0.2) is 0 Å². The van der Waals surface area contributed by atoms with Gasteiger partial charge < -0.3 is 10.2 Å². The van der Waals surface area contributed by atoms with E-state index in [1.807, 2.05) is 6.92 Å². The van der Waals surface area contributed by atoms with Crippen molar-refractivity contribution in [3.8, 4) is 0 Å². The topological polar surface area (TPSA) is 40.5 Å². The molecule has 2 N–H and O–H groups in total. The van der Waals surface area contributed by atoms with Crippen molar-refractivity contribution in [1.29, 1.82) is 0 Å². The van der Waals surface area contributed by atoms with Crippen LogP contribution in [-0.2, 0) is 0 Å². The molecule has 2 nitrogen and oxygen atoms in total. The first-order valence-electron chi connectivity index (χ1n) is 3.81. The standard InChI is InChI=1S/C4H10O.C3H8.CH4O/c1-3-4(2)5;1-3-2;1-2/h4-5H,3H2,1-2H3;3H2,1-2H3;2H,1H3. The Bertz CT molecular complexity index is 28.4. The van der Waals surface area contributed by atoms with Crippen LogP contribution in [0.3, 0.4) is 0 Å². The van der Waals surface area contributed by atoms with Crippen LogP contribution in [0.4, 0.5) is 0 Å². The summed E-state index contributed by atoms with van der Waals surface area (Å²) in [6.07, 6.45) is 2.00. The molecule has 66 valence electrons. The van der Waals surface area contributed by atoms with E-state index in [1.165, 1.54) is 6.42 Å². The molecule has 0 aromatic heterocycles. The Balaban J connectivity index is -0.0000000847. The van der Waals surface area contributed by atoms with Gasteiger partial charge in [-0.15, -0.1) is 0 Å². The lowest BCUT2D eigenvalue weighted by Crippen LogP contribution is -1.93. The minimum absolute atomic E-state index is 0.116. The second-order valence-electron chi connectivity index (χ2n) is 1.96. The van der Waals surface area contributed by atoms with Crippen LogP contribution in [0.2, 0.25) is 0 Å². The number of aliphatic hydroxyl groups excluding tert-OH is 2. The summed E-state index contributed by atoms with van der Waals surface area (Å²) in [6.45, 7) is 7.98. The molecule has 0 aromatic rings. The number of hydrogen-bond donors (Lipinski definition) is 2. The second kappa shape index (κ2) is 23.1. The van der Waals surface area contributed by atoms with E-state index in [2.05, 4.69) is 13.8 Å². The molecule has 0 aliphatic carbocycles. The lowest BCUT2D eigenvalue weighted by Gasteiger charge is -1.90. The fraction of sp³-hybridized carbons (Fsp3) is 1.00. The highest BCUT2D eigenvalue weighted by molar-refractivity contribution is 4.34. The van der Waals surface area contributed by atoms with Crippen LogP contribution in [0.1, 0.15) is 40.5 Å². The smallest absolute Gasteiger partial charge is 0.0509 e. The van der Waals surface area contributed by atoms with Gasteiger partial charge in [-0.25, -0.2) is 0 Å². The minimum atomic E-state index is -0.116. The molecule has 0 heterocycles. The first kappa shape index (κ1) is 16.5. The Morgan fingerprint density at radius 3 is 1.20 bits per heavy atom. The highest BCUT2D eigenvalue weighted by atomic mass is 16.3. The molecule has 0 fully saturated rings. The molecule has 0 spiro atoms. The predicted molar refractivity (Wildman–Crippen MR) is 46.1 cm³/mol. The van der Waals surface area contributed by atoms with Gasteiger partial charge >= 0.3 is 0 Å². The third kappa shape index (κ3) is 103. The fourth-order valence-corrected chi connectivity index (χ4v) is 0. The van der Waals surface area contributed by atoms with Crippen molar-refractivity contribution >= 4 is 0 Å². The first-order valence-corrected chi connectivity index (χ1v) is 3.81. The monoisotopic (exact) mass is 150 g/mol. The van der Waals surface area contributed by atoms with E-state index in [0.29, 0.717) is 0 Å². The molecule has 0 aromatic carbocycles. The van der Waals surface area contributed by atoms with Gasteiger partial charge in [0.1, 0.15) is 0 Å². The molecule has 0 aliphatic rings. The summed E-state index contributed by atoms with van der Waals surface area (Å²) in [5.74, 6) is 0. The molecular weight excluding hydrogens is 128 g/mol. The van der Waals surface area contributed by atoms with E-state index in [-0.39, 0.29) is 6.10 Å². The van der Waals surface area contributed by atoms with Crippen LogP contribution in [0.5, 0.6) is 0 Å². The van der Waals surface area contributed by atoms with Crippen molar-refractivity contribution in [2.24, 2.45) is 0 Å². The highest BCUT2D eigenvalue weighted by Crippen LogP contribution is 1.81. The van der Waals surface area contributed by atoms with Gasteiger partial charge in [0.2, 0.25) is 0 Å². The molecule has 1 atom stereocenters. The Morgan fingerprint density at radius 2 is 1.20 bits per heavy atom.